The van der Waals surface area contributed by atoms with Crippen LogP contribution < -0.4 is -0.342 Å². The summed E-state index contributed by atoms with van der Waals surface area (Å²) in [6.45, 7) is 6.75. The smallest absolute Gasteiger partial charge is 0.303 e. The maximum Gasteiger partial charge on any atom is 0.466 e. The molecule has 0 aliphatic heterocycles. The fourth-order valence-corrected chi connectivity index (χ4v) is 1.57. The number of hydrogen-bond donors (Lipinski definition) is 3. The summed E-state index contributed by atoms with van der Waals surface area (Å²) in [5.41, 5.74) is 1.74. The van der Waals surface area contributed by atoms with Gasteiger partial charge in [0, 0.05) is 0 Å². The van der Waals surface area contributed by atoms with Gasteiger partial charge in [-0.25, -0.2) is 4.57 Å². The average molecular weight is 270 g/mol. The Morgan fingerprint density at radius 1 is 1.06 bits per heavy atom. The van der Waals surface area contributed by atoms with Gasteiger partial charge < -0.3 is 14.7 Å². The molecule has 0 aromatic heterocycles. The molecule has 86 valence electrons. The van der Waals surface area contributed by atoms with Crippen LogP contribution in [0.3, 0.4) is 0 Å². The van der Waals surface area contributed by atoms with Crippen LogP contribution in [-0.4, -0.2) is 63.6 Å². The van der Waals surface area contributed by atoms with Crippen molar-refractivity contribution in [2.45, 2.75) is 26.2 Å². The number of hydrogen-bond acceptors (Lipinski definition) is 1. The van der Waals surface area contributed by atoms with E-state index in [4.69, 9.17) is 19.2 Å². The molecule has 0 saturated heterocycles. The van der Waals surface area contributed by atoms with Crippen molar-refractivity contribution in [3.05, 3.63) is 29.8 Å². The first-order valence-corrected chi connectivity index (χ1v) is 7.98. The van der Waals surface area contributed by atoms with Crippen molar-refractivity contribution < 1.29 is 19.2 Å². The maximum absolute atomic E-state index is 8.88. The maximum atomic E-state index is 8.88. The summed E-state index contributed by atoms with van der Waals surface area (Å²) in [6.07, 6.45) is 0. The third-order valence-electron chi connectivity index (χ3n) is 1.92. The van der Waals surface area contributed by atoms with Crippen molar-refractivity contribution >= 4 is 56.4 Å². The minimum absolute atomic E-state index is 0.306. The first-order chi connectivity index (χ1) is 7.00. The molecule has 0 spiro atoms. The fraction of sp³-hybridized carbons (Fsp3) is 0.400. The quantitative estimate of drug-likeness (QED) is 0.482. The van der Waals surface area contributed by atoms with Crippen LogP contribution in [0.25, 0.3) is 0 Å². The number of benzene rings is 1. The van der Waals surface area contributed by atoms with Crippen molar-refractivity contribution in [3.63, 3.8) is 0 Å². The molecule has 3 N–H and O–H groups in total. The van der Waals surface area contributed by atoms with E-state index in [2.05, 4.69) is 45.0 Å². The van der Waals surface area contributed by atoms with Gasteiger partial charge in [0.25, 0.3) is 0 Å². The Bertz CT molecular complexity index is 355. The molecule has 0 saturated carbocycles. The van der Waals surface area contributed by atoms with Gasteiger partial charge in [0.15, 0.2) is 0 Å². The molecule has 4 nitrogen and oxygen atoms in total. The van der Waals surface area contributed by atoms with Gasteiger partial charge in [0.1, 0.15) is 0 Å². The molecule has 1 rings (SSSR count). The van der Waals surface area contributed by atoms with Crippen LogP contribution in [0.5, 0.6) is 0 Å². The Hall–Kier alpha value is 0.966. The van der Waals surface area contributed by atoms with Gasteiger partial charge >= 0.3 is 112 Å². The molecule has 0 radical (unpaired) electrons. The van der Waals surface area contributed by atoms with Crippen LogP contribution in [0.2, 0.25) is 0 Å². The SMILES string of the molecule is CC(C)(C)c1cc[c]([K])cc1.O=P(O)(O)O. The van der Waals surface area contributed by atoms with E-state index in [1.165, 1.54) is 5.22 Å². The van der Waals surface area contributed by atoms with E-state index in [1.807, 2.05) is 0 Å². The molecule has 0 aliphatic carbocycles. The van der Waals surface area contributed by atoms with Crippen LogP contribution in [0.1, 0.15) is 26.3 Å². The Morgan fingerprint density at radius 2 is 1.38 bits per heavy atom. The second kappa shape index (κ2) is 6.78. The van der Waals surface area contributed by atoms with E-state index in [-0.39, 0.29) is 0 Å². The van der Waals surface area contributed by atoms with Gasteiger partial charge in [-0.05, 0) is 0 Å². The van der Waals surface area contributed by atoms with Crippen molar-refractivity contribution in [1.82, 2.24) is 0 Å². The zero-order chi connectivity index (χ0) is 13.0. The minimum Gasteiger partial charge on any atom is -0.303 e. The van der Waals surface area contributed by atoms with Crippen LogP contribution in [-0.2, 0) is 9.98 Å². The molecule has 6 heteroatoms. The molecule has 16 heavy (non-hydrogen) atoms. The molecule has 1 aromatic carbocycles. The number of phosphoric acid groups is 1. The Labute approximate surface area is 130 Å². The average Bonchev–Trinajstić information content (AvgIpc) is 1.99. The Morgan fingerprint density at radius 3 is 1.62 bits per heavy atom. The zero-order valence-corrected chi connectivity index (χ0v) is 14.0. The molecular formula is C10H16KO4P. The molecule has 0 atom stereocenters. The zero-order valence-electron chi connectivity index (χ0n) is 10.0. The van der Waals surface area contributed by atoms with Crippen LogP contribution in [0.4, 0.5) is 0 Å². The van der Waals surface area contributed by atoms with Crippen LogP contribution >= 0.6 is 7.82 Å². The minimum atomic E-state index is -4.64. The van der Waals surface area contributed by atoms with Gasteiger partial charge in [-0.3, -0.25) is 0 Å². The van der Waals surface area contributed by atoms with Crippen LogP contribution in [0, 0.1) is 0 Å². The van der Waals surface area contributed by atoms with E-state index in [1.54, 1.807) is 0 Å². The van der Waals surface area contributed by atoms with Gasteiger partial charge in [-0.15, -0.1) is 0 Å². The van der Waals surface area contributed by atoms with Crippen molar-refractivity contribution in [1.29, 1.82) is 0 Å². The molecule has 1 aromatic rings. The predicted molar refractivity (Wildman–Crippen MR) is 64.8 cm³/mol. The third kappa shape index (κ3) is 10.1. The first kappa shape index (κ1) is 17.0. The van der Waals surface area contributed by atoms with E-state index in [9.17, 15) is 0 Å². The third-order valence-corrected chi connectivity index (χ3v) is 2.96. The molecule has 0 bridgehead atoms. The van der Waals surface area contributed by atoms with E-state index < -0.39 is 7.82 Å². The monoisotopic (exact) mass is 270 g/mol. The second-order valence-corrected chi connectivity index (χ2v) is 7.46. The van der Waals surface area contributed by atoms with E-state index in [0.717, 1.165) is 49.0 Å². The molecule has 0 heterocycles. The predicted octanol–water partition coefficient (Wildman–Crippen LogP) is 0.849. The summed E-state index contributed by atoms with van der Waals surface area (Å²) in [7, 11) is -4.64. The second-order valence-electron chi connectivity index (χ2n) is 4.63. The van der Waals surface area contributed by atoms with Gasteiger partial charge in [-0.1, -0.05) is 0 Å². The fourth-order valence-electron chi connectivity index (χ4n) is 1.05. The van der Waals surface area contributed by atoms with Gasteiger partial charge in [0.05, 0.1) is 0 Å². The summed E-state index contributed by atoms with van der Waals surface area (Å²) in [4.78, 5) is 21.6. The Balaban J connectivity index is 0.000000385. The molecular weight excluding hydrogens is 254 g/mol. The number of rotatable bonds is 0. The molecule has 0 fully saturated rings. The Kier molecular flexibility index (Phi) is 7.19. The largest absolute Gasteiger partial charge is 0.466 e. The van der Waals surface area contributed by atoms with Crippen molar-refractivity contribution in [3.8, 4) is 0 Å². The molecule has 0 aliphatic rings. The van der Waals surface area contributed by atoms with Gasteiger partial charge in [-0.2, -0.15) is 0 Å². The normalized spacial score (nSPS) is 11.8. The van der Waals surface area contributed by atoms with E-state index >= 15 is 0 Å². The first-order valence-electron chi connectivity index (χ1n) is 4.85. The van der Waals surface area contributed by atoms with Crippen LogP contribution in [0.15, 0.2) is 24.3 Å². The summed E-state index contributed by atoms with van der Waals surface area (Å²) in [5.74, 6) is 0. The van der Waals surface area contributed by atoms with Crippen molar-refractivity contribution in [2.24, 2.45) is 0 Å². The topological polar surface area (TPSA) is 77.8 Å². The standard InChI is InChI=1S/C10H13.K.H3O4P/c1-10(2,3)9-7-5-4-6-8-9;;1-5(2,3)4/h5-8H,1-3H3;;(H3,1,2,3,4). The summed E-state index contributed by atoms with van der Waals surface area (Å²) >= 11 is 0.823. The summed E-state index contributed by atoms with van der Waals surface area (Å²) in [5, 5.41) is 0. The molecule has 0 unspecified atom stereocenters. The van der Waals surface area contributed by atoms with E-state index in [0.29, 0.717) is 5.41 Å². The van der Waals surface area contributed by atoms with Crippen molar-refractivity contribution in [2.75, 3.05) is 0 Å². The summed E-state index contributed by atoms with van der Waals surface area (Å²) < 4.78 is 10.4. The molecule has 0 amide bonds. The summed E-state index contributed by atoms with van der Waals surface area (Å²) in [6, 6.07) is 9.00. The van der Waals surface area contributed by atoms with Gasteiger partial charge in [0.2, 0.25) is 0 Å².